The van der Waals surface area contributed by atoms with Crippen molar-refractivity contribution in [2.45, 2.75) is 39.7 Å². The lowest BCUT2D eigenvalue weighted by molar-refractivity contribution is -0.137. The molecule has 0 fully saturated rings. The Bertz CT molecular complexity index is 774. The summed E-state index contributed by atoms with van der Waals surface area (Å²) in [5.74, 6) is -1.01. The molecule has 5 heteroatoms. The van der Waals surface area contributed by atoms with E-state index in [1.54, 1.807) is 11.0 Å². The highest BCUT2D eigenvalue weighted by atomic mass is 16.4. The first-order valence-electron chi connectivity index (χ1n) is 9.47. The predicted molar refractivity (Wildman–Crippen MR) is 108 cm³/mol. The van der Waals surface area contributed by atoms with Gasteiger partial charge in [-0.15, -0.1) is 0 Å². The zero-order valence-electron chi connectivity index (χ0n) is 16.1. The van der Waals surface area contributed by atoms with E-state index in [0.717, 1.165) is 24.1 Å². The van der Waals surface area contributed by atoms with Crippen LogP contribution in [0.25, 0.3) is 0 Å². The molecule has 1 amide bonds. The van der Waals surface area contributed by atoms with Gasteiger partial charge in [-0.1, -0.05) is 44.2 Å². The third-order valence-electron chi connectivity index (χ3n) is 4.43. The summed E-state index contributed by atoms with van der Waals surface area (Å²) < 4.78 is 0. The van der Waals surface area contributed by atoms with Crippen molar-refractivity contribution < 1.29 is 14.7 Å². The Balaban J connectivity index is 2.08. The van der Waals surface area contributed by atoms with Gasteiger partial charge in [0.1, 0.15) is 0 Å². The van der Waals surface area contributed by atoms with Crippen LogP contribution in [0.1, 0.15) is 48.2 Å². The van der Waals surface area contributed by atoms with E-state index >= 15 is 0 Å². The van der Waals surface area contributed by atoms with Crippen LogP contribution in [0.5, 0.6) is 0 Å². The van der Waals surface area contributed by atoms with E-state index < -0.39 is 5.97 Å². The van der Waals surface area contributed by atoms with Gasteiger partial charge in [-0.05, 0) is 42.2 Å². The van der Waals surface area contributed by atoms with Crippen LogP contribution in [0, 0.1) is 0 Å². The lowest BCUT2D eigenvalue weighted by Gasteiger charge is -2.21. The minimum absolute atomic E-state index is 0.0409. The number of aryl methyl sites for hydroxylation is 1. The lowest BCUT2D eigenvalue weighted by Crippen LogP contribution is -2.33. The molecule has 0 spiro atoms. The molecule has 2 aromatic carbocycles. The number of carbonyl (C=O) groups excluding carboxylic acids is 1. The summed E-state index contributed by atoms with van der Waals surface area (Å²) in [5, 5.41) is 12.3. The summed E-state index contributed by atoms with van der Waals surface area (Å²) in [4.78, 5) is 25.3. The molecular weight excluding hydrogens is 340 g/mol. The summed E-state index contributed by atoms with van der Waals surface area (Å²) in [6.45, 7) is 5.51. The maximum atomic E-state index is 12.8. The van der Waals surface area contributed by atoms with Gasteiger partial charge in [-0.25, -0.2) is 0 Å². The molecule has 27 heavy (non-hydrogen) atoms. The van der Waals surface area contributed by atoms with Crippen molar-refractivity contribution in [1.29, 1.82) is 0 Å². The predicted octanol–water partition coefficient (Wildman–Crippen LogP) is 4.19. The van der Waals surface area contributed by atoms with Crippen LogP contribution in [-0.2, 0) is 17.8 Å². The molecule has 0 aromatic heterocycles. The number of aliphatic carboxylic acids is 1. The molecule has 0 bridgehead atoms. The van der Waals surface area contributed by atoms with Gasteiger partial charge in [0.25, 0.3) is 5.91 Å². The maximum Gasteiger partial charge on any atom is 0.305 e. The van der Waals surface area contributed by atoms with E-state index in [1.807, 2.05) is 37.3 Å². The third-order valence-corrected chi connectivity index (χ3v) is 4.43. The number of carboxylic acids is 1. The second-order valence-corrected chi connectivity index (χ2v) is 6.50. The minimum Gasteiger partial charge on any atom is -0.481 e. The lowest BCUT2D eigenvalue weighted by atomic mass is 10.1. The van der Waals surface area contributed by atoms with Crippen molar-refractivity contribution in [2.24, 2.45) is 0 Å². The van der Waals surface area contributed by atoms with E-state index in [0.29, 0.717) is 18.7 Å². The number of nitrogens with zero attached hydrogens (tertiary/aromatic N) is 1. The van der Waals surface area contributed by atoms with Gasteiger partial charge in [-0.3, -0.25) is 9.59 Å². The fourth-order valence-electron chi connectivity index (χ4n) is 3.01. The topological polar surface area (TPSA) is 69.6 Å². The summed E-state index contributed by atoms with van der Waals surface area (Å²) in [6, 6.07) is 15.7. The van der Waals surface area contributed by atoms with Gasteiger partial charge in [0.05, 0.1) is 6.42 Å². The number of hydrogen-bond acceptors (Lipinski definition) is 3. The highest BCUT2D eigenvalue weighted by Gasteiger charge is 2.16. The van der Waals surface area contributed by atoms with Crippen molar-refractivity contribution in [3.05, 3.63) is 65.2 Å². The molecule has 0 aliphatic rings. The van der Waals surface area contributed by atoms with Crippen LogP contribution in [0.3, 0.4) is 0 Å². The molecule has 2 aromatic rings. The Kier molecular flexibility index (Phi) is 7.86. The van der Waals surface area contributed by atoms with Gasteiger partial charge in [0.15, 0.2) is 0 Å². The smallest absolute Gasteiger partial charge is 0.305 e. The standard InChI is InChI=1S/C22H28N2O3/c1-3-13-24(14-12-21(25)26)22(27)19-10-7-8-17(15-19)16-23-20-11-6-5-9-18(20)4-2/h5-11,15,23H,3-4,12-14,16H2,1-2H3,(H,25,26). The Morgan fingerprint density at radius 3 is 2.52 bits per heavy atom. The zero-order valence-corrected chi connectivity index (χ0v) is 16.1. The Morgan fingerprint density at radius 2 is 1.81 bits per heavy atom. The summed E-state index contributed by atoms with van der Waals surface area (Å²) in [5.41, 5.74) is 3.97. The van der Waals surface area contributed by atoms with Crippen molar-refractivity contribution in [3.8, 4) is 0 Å². The number of rotatable bonds is 10. The Hall–Kier alpha value is -2.82. The average Bonchev–Trinajstić information content (AvgIpc) is 2.69. The molecule has 5 nitrogen and oxygen atoms in total. The number of carboxylic acid groups (broad SMARTS) is 1. The minimum atomic E-state index is -0.892. The SMILES string of the molecule is CCCN(CCC(=O)O)C(=O)c1cccc(CNc2ccccc2CC)c1. The number of benzene rings is 2. The molecule has 0 radical (unpaired) electrons. The molecular formula is C22H28N2O3. The molecule has 0 atom stereocenters. The van der Waals surface area contributed by atoms with Gasteiger partial charge >= 0.3 is 5.97 Å². The van der Waals surface area contributed by atoms with Gasteiger partial charge in [0, 0.05) is 30.9 Å². The largest absolute Gasteiger partial charge is 0.481 e. The number of hydrogen-bond donors (Lipinski definition) is 2. The molecule has 0 aliphatic heterocycles. The molecule has 0 saturated carbocycles. The van der Waals surface area contributed by atoms with E-state index in [2.05, 4.69) is 24.4 Å². The molecule has 2 N–H and O–H groups in total. The second-order valence-electron chi connectivity index (χ2n) is 6.50. The number of amides is 1. The molecule has 0 heterocycles. The van der Waals surface area contributed by atoms with Crippen LogP contribution in [0.15, 0.2) is 48.5 Å². The van der Waals surface area contributed by atoms with Crippen molar-refractivity contribution >= 4 is 17.6 Å². The van der Waals surface area contributed by atoms with Crippen molar-refractivity contribution in [1.82, 2.24) is 4.90 Å². The number of para-hydroxylation sites is 1. The first-order valence-corrected chi connectivity index (χ1v) is 9.47. The van der Waals surface area contributed by atoms with Crippen molar-refractivity contribution in [3.63, 3.8) is 0 Å². The number of nitrogens with one attached hydrogen (secondary N) is 1. The highest BCUT2D eigenvalue weighted by Crippen LogP contribution is 2.17. The molecule has 0 unspecified atom stereocenters. The summed E-state index contributed by atoms with van der Waals surface area (Å²) in [7, 11) is 0. The second kappa shape index (κ2) is 10.4. The normalized spacial score (nSPS) is 10.4. The molecule has 0 saturated heterocycles. The van der Waals surface area contributed by atoms with Crippen LogP contribution < -0.4 is 5.32 Å². The van der Waals surface area contributed by atoms with Crippen LogP contribution in [0.2, 0.25) is 0 Å². The van der Waals surface area contributed by atoms with Crippen LogP contribution >= 0.6 is 0 Å². The fourth-order valence-corrected chi connectivity index (χ4v) is 3.01. The number of carbonyl (C=O) groups is 2. The third kappa shape index (κ3) is 6.13. The number of anilines is 1. The van der Waals surface area contributed by atoms with Gasteiger partial charge < -0.3 is 15.3 Å². The molecule has 2 rings (SSSR count). The van der Waals surface area contributed by atoms with E-state index in [-0.39, 0.29) is 18.9 Å². The van der Waals surface area contributed by atoms with Gasteiger partial charge in [0.2, 0.25) is 0 Å². The monoisotopic (exact) mass is 368 g/mol. The summed E-state index contributed by atoms with van der Waals surface area (Å²) >= 11 is 0. The fraction of sp³-hybridized carbons (Fsp3) is 0.364. The van der Waals surface area contributed by atoms with Gasteiger partial charge in [-0.2, -0.15) is 0 Å². The van der Waals surface area contributed by atoms with E-state index in [1.165, 1.54) is 5.56 Å². The Morgan fingerprint density at radius 1 is 1.04 bits per heavy atom. The molecule has 0 aliphatic carbocycles. The Labute approximate surface area is 161 Å². The first kappa shape index (κ1) is 20.5. The van der Waals surface area contributed by atoms with Crippen LogP contribution in [-0.4, -0.2) is 35.0 Å². The highest BCUT2D eigenvalue weighted by molar-refractivity contribution is 5.94. The van der Waals surface area contributed by atoms with Crippen LogP contribution in [0.4, 0.5) is 5.69 Å². The average molecular weight is 368 g/mol. The molecule has 144 valence electrons. The van der Waals surface area contributed by atoms with E-state index in [4.69, 9.17) is 5.11 Å². The zero-order chi connectivity index (χ0) is 19.6. The first-order chi connectivity index (χ1) is 13.0. The maximum absolute atomic E-state index is 12.8. The van der Waals surface area contributed by atoms with Crippen molar-refractivity contribution in [2.75, 3.05) is 18.4 Å². The summed E-state index contributed by atoms with van der Waals surface area (Å²) in [6.07, 6.45) is 1.71. The quantitative estimate of drug-likeness (QED) is 0.660. The van der Waals surface area contributed by atoms with E-state index in [9.17, 15) is 9.59 Å².